The van der Waals surface area contributed by atoms with E-state index in [1.165, 1.54) is 5.56 Å². The minimum Gasteiger partial charge on any atom is -0.508 e. The van der Waals surface area contributed by atoms with Gasteiger partial charge in [-0.1, -0.05) is 52.1 Å². The standard InChI is InChI=1S/C26H28N2O6Si.C26H30N2O4Si.C25H28N2O6Si/c1-5-26(30)14(2)32-12-18-19(26)9-21-24-17(11-28(21)25(18)29)15(6-7-35(3,4)31)16-8-22-23(34-13-33-22)10-20(16)27-24;1-5-26(30)16(2)32-15-20-21(26)13-23-24-19(14-28(23)25(20)29)17(10-8-12-33(3,4)31)18-9-6-7-11-22(18)27-24;1-4-25(31)19-11-21-22-17(12-27(21)23(29)18(19)13-33-24(25)30)15(6-5-9-34(2,3)32)16-10-14(28)7-8-20(16)26-22/h8-10,30-31H,2,5-7,11-13H2,1,3-4H3;6-7,9,11,13,30-31H,2,5,8,10,12,14-15H2,1,3-4H3;7-8,10-11,28,31-32H,4-6,9,12-13H2,1-3H3/t2*26-;25-/m110/s1. The van der Waals surface area contributed by atoms with E-state index in [0.717, 1.165) is 103 Å². The molecule has 102 heavy (non-hydrogen) atoms. The minimum atomic E-state index is -2.33. The van der Waals surface area contributed by atoms with Crippen molar-refractivity contribution in [2.24, 2.45) is 0 Å². The number of aryl methyl sites for hydroxylation is 3. The maximum atomic E-state index is 13.6. The molecule has 3 atom stereocenters. The van der Waals surface area contributed by atoms with Crippen LogP contribution >= 0.6 is 0 Å². The van der Waals surface area contributed by atoms with Crippen molar-refractivity contribution in [3.63, 3.8) is 0 Å². The molecular formula is C77H86N6O16Si3. The number of esters is 1. The van der Waals surface area contributed by atoms with Crippen LogP contribution in [-0.2, 0) is 94.5 Å². The number of fused-ring (bicyclic) bond motifs is 16. The van der Waals surface area contributed by atoms with Crippen LogP contribution in [0.2, 0.25) is 57.4 Å². The Hall–Kier alpha value is -8.90. The van der Waals surface area contributed by atoms with Gasteiger partial charge in [0.1, 0.15) is 48.3 Å². The molecule has 0 amide bonds. The number of hydrogen-bond acceptors (Lipinski definition) is 19. The van der Waals surface area contributed by atoms with Gasteiger partial charge < -0.3 is 72.2 Å². The Balaban J connectivity index is 0.000000130. The third-order valence-electron chi connectivity index (χ3n) is 21.6. The second-order valence-electron chi connectivity index (χ2n) is 29.9. The second kappa shape index (κ2) is 25.5. The first kappa shape index (κ1) is 70.2. The lowest BCUT2D eigenvalue weighted by atomic mass is 9.84. The van der Waals surface area contributed by atoms with Gasteiger partial charge in [0.25, 0.3) is 16.7 Å². The molecular weight excluding hydrogens is 1350 g/mol. The highest BCUT2D eigenvalue weighted by Gasteiger charge is 2.47. The number of phenolic OH excluding ortho intramolecular Hbond substituents is 1. The van der Waals surface area contributed by atoms with Gasteiger partial charge in [-0.25, -0.2) is 19.7 Å². The number of benzene rings is 3. The molecule has 3 aromatic carbocycles. The van der Waals surface area contributed by atoms with Gasteiger partial charge >= 0.3 is 5.97 Å². The van der Waals surface area contributed by atoms with Crippen molar-refractivity contribution in [1.29, 1.82) is 0 Å². The third-order valence-corrected chi connectivity index (χ3v) is 26.2. The first-order valence-electron chi connectivity index (χ1n) is 35.1. The topological polar surface area (TPSA) is 310 Å². The Labute approximate surface area is 591 Å². The van der Waals surface area contributed by atoms with Crippen LogP contribution < -0.4 is 26.2 Å². The fraction of sp³-hybridized carbons (Fsp3) is 0.390. The van der Waals surface area contributed by atoms with Gasteiger partial charge in [-0.15, -0.1) is 0 Å². The fourth-order valence-electron chi connectivity index (χ4n) is 15.7. The summed E-state index contributed by atoms with van der Waals surface area (Å²) in [5.41, 5.74) is 9.97. The quantitative estimate of drug-likeness (QED) is 0.0393. The number of nitrogens with zero attached hydrogens (tertiary/aromatic N) is 6. The summed E-state index contributed by atoms with van der Waals surface area (Å²) >= 11 is 0. The highest BCUT2D eigenvalue weighted by Crippen LogP contribution is 2.48. The van der Waals surface area contributed by atoms with Gasteiger partial charge in [-0.05, 0) is 174 Å². The van der Waals surface area contributed by atoms with Crippen LogP contribution in [0.15, 0.2) is 112 Å². The molecule has 25 heteroatoms. The third kappa shape index (κ3) is 11.9. The monoisotopic (exact) mass is 1430 g/mol. The van der Waals surface area contributed by atoms with Crippen LogP contribution in [0.25, 0.3) is 66.9 Å². The number of ether oxygens (including phenoxy) is 5. The van der Waals surface area contributed by atoms with E-state index in [9.17, 15) is 54.0 Å². The lowest BCUT2D eigenvalue weighted by molar-refractivity contribution is -0.172. The van der Waals surface area contributed by atoms with Crippen LogP contribution in [-0.4, -0.2) is 101 Å². The zero-order chi connectivity index (χ0) is 72.7. The molecule has 16 rings (SSSR count). The van der Waals surface area contributed by atoms with E-state index in [-0.39, 0.29) is 78.1 Å². The lowest BCUT2D eigenvalue weighted by Gasteiger charge is -2.35. The average Bonchev–Trinajstić information content (AvgIpc) is 1.53. The molecule has 0 spiro atoms. The predicted molar refractivity (Wildman–Crippen MR) is 393 cm³/mol. The number of carbonyl (C=O) groups excluding carboxylic acids is 1. The van der Waals surface area contributed by atoms with Crippen molar-refractivity contribution in [1.82, 2.24) is 28.7 Å². The van der Waals surface area contributed by atoms with E-state index in [0.29, 0.717) is 108 Å². The van der Waals surface area contributed by atoms with Gasteiger partial charge in [0.15, 0.2) is 42.1 Å². The molecule has 0 aliphatic carbocycles. The van der Waals surface area contributed by atoms with Crippen molar-refractivity contribution >= 4 is 63.6 Å². The molecule has 0 saturated heterocycles. The van der Waals surface area contributed by atoms with Crippen LogP contribution in [0.3, 0.4) is 0 Å². The molecule has 13 heterocycles. The summed E-state index contributed by atoms with van der Waals surface area (Å²) < 4.78 is 32.7. The summed E-state index contributed by atoms with van der Waals surface area (Å²) in [7, 11) is -6.70. The van der Waals surface area contributed by atoms with E-state index in [1.807, 2.05) is 95.6 Å². The largest absolute Gasteiger partial charge is 0.508 e. The van der Waals surface area contributed by atoms with E-state index in [2.05, 4.69) is 19.2 Å². The lowest BCUT2D eigenvalue weighted by Crippen LogP contribution is -2.44. The molecule has 0 unspecified atom stereocenters. The number of rotatable bonds is 14. The summed E-state index contributed by atoms with van der Waals surface area (Å²) in [6, 6.07) is 24.7. The first-order chi connectivity index (χ1) is 48.3. The highest BCUT2D eigenvalue weighted by molar-refractivity contribution is 6.70. The second-order valence-corrected chi connectivity index (χ2v) is 42.3. The molecule has 532 valence electrons. The zero-order valence-corrected chi connectivity index (χ0v) is 62.1. The van der Waals surface area contributed by atoms with Crippen LogP contribution in [0.4, 0.5) is 0 Å². The number of pyridine rings is 6. The number of para-hydroxylation sites is 1. The average molecular weight is 1440 g/mol. The summed E-state index contributed by atoms with van der Waals surface area (Å²) in [5.74, 6) is 1.24. The normalized spacial score (nSPS) is 19.4. The van der Waals surface area contributed by atoms with Gasteiger partial charge in [0, 0.05) is 55.6 Å². The number of hydrogen-bond donors (Lipinski definition) is 7. The van der Waals surface area contributed by atoms with E-state index in [1.54, 1.807) is 44.9 Å². The molecule has 22 nitrogen and oxygen atoms in total. The van der Waals surface area contributed by atoms with E-state index < -0.39 is 47.7 Å². The Kier molecular flexibility index (Phi) is 17.5. The Morgan fingerprint density at radius 1 is 0.461 bits per heavy atom. The van der Waals surface area contributed by atoms with Crippen molar-refractivity contribution in [3.8, 4) is 51.4 Å². The van der Waals surface area contributed by atoms with Crippen LogP contribution in [0.1, 0.15) is 120 Å². The number of aromatic hydroxyl groups is 1. The predicted octanol–water partition coefficient (Wildman–Crippen LogP) is 10.6. The zero-order valence-electron chi connectivity index (χ0n) is 59.1. The number of carbonyl (C=O) groups is 1. The molecule has 7 N–H and O–H groups in total. The van der Waals surface area contributed by atoms with E-state index in [4.69, 9.17) is 38.6 Å². The van der Waals surface area contributed by atoms with Gasteiger partial charge in [-0.3, -0.25) is 14.4 Å². The summed E-state index contributed by atoms with van der Waals surface area (Å²) in [6.45, 7) is 26.1. The smallest absolute Gasteiger partial charge is 0.343 e. The van der Waals surface area contributed by atoms with Gasteiger partial charge in [-0.2, -0.15) is 0 Å². The van der Waals surface area contributed by atoms with Crippen molar-refractivity contribution in [2.45, 2.75) is 186 Å². The van der Waals surface area contributed by atoms with Crippen LogP contribution in [0.5, 0.6) is 17.2 Å². The summed E-state index contributed by atoms with van der Waals surface area (Å²) in [4.78, 5) is 99.0. The molecule has 0 bridgehead atoms. The number of aliphatic hydroxyl groups is 3. The van der Waals surface area contributed by atoms with Crippen LogP contribution in [0, 0.1) is 0 Å². The highest BCUT2D eigenvalue weighted by atomic mass is 28.4. The molecule has 7 aliphatic heterocycles. The number of cyclic esters (lactones) is 1. The molecule has 0 radical (unpaired) electrons. The maximum Gasteiger partial charge on any atom is 0.343 e. The Morgan fingerprint density at radius 3 is 1.33 bits per heavy atom. The van der Waals surface area contributed by atoms with Crippen molar-refractivity contribution < 1.29 is 63.3 Å². The molecule has 0 saturated carbocycles. The molecule has 0 fully saturated rings. The van der Waals surface area contributed by atoms with Crippen molar-refractivity contribution in [3.05, 3.63) is 195 Å². The number of aromatic nitrogens is 6. The Morgan fingerprint density at radius 2 is 0.863 bits per heavy atom. The summed E-state index contributed by atoms with van der Waals surface area (Å²) in [5, 5.41) is 46.7. The molecule has 7 aliphatic rings. The van der Waals surface area contributed by atoms with E-state index >= 15 is 0 Å². The van der Waals surface area contributed by atoms with Gasteiger partial charge in [0.05, 0.1) is 87.0 Å². The van der Waals surface area contributed by atoms with Crippen molar-refractivity contribution in [2.75, 3.05) is 6.79 Å². The summed E-state index contributed by atoms with van der Waals surface area (Å²) in [6.07, 6.45) is 4.62. The first-order valence-corrected chi connectivity index (χ1v) is 44.5. The Bertz CT molecular complexity index is 5280. The SMILES string of the molecule is C=C1OCc2c(cc3n(c2=O)Cc2c-3nc3cc4c(cc3c2CC[Si](C)(C)O)OCO4)[C@@]1(O)CC.C=C1OCc2c(cc3n(c2=O)Cc2c-3nc3ccccc3c2CCC[Si](C)(C)O)[C@@]1(O)CC.CC[C@@]1(O)C(=O)OCc2c1cc1n(c2=O)Cc2c-1nc1ccc(O)cc1c2CCC[Si](C)(C)O. The number of phenols is 1. The van der Waals surface area contributed by atoms with Gasteiger partial charge in [0.2, 0.25) is 6.79 Å². The molecule has 9 aromatic rings. The minimum absolute atomic E-state index is 0.0832. The fourth-order valence-corrected chi connectivity index (χ4v) is 18.7. The molecule has 6 aromatic heterocycles. The maximum absolute atomic E-state index is 13.6.